The van der Waals surface area contributed by atoms with Gasteiger partial charge >= 0.3 is 0 Å². The number of nitrogens with zero attached hydrogens (tertiary/aromatic N) is 3. The van der Waals surface area contributed by atoms with Crippen LogP contribution in [0.3, 0.4) is 0 Å². The van der Waals surface area contributed by atoms with Crippen molar-refractivity contribution >= 4 is 23.1 Å². The normalized spacial score (nSPS) is 14.8. The summed E-state index contributed by atoms with van der Waals surface area (Å²) >= 11 is 0. The molecule has 0 saturated carbocycles. The number of benzene rings is 1. The number of hydrogen-bond donors (Lipinski definition) is 2. The summed E-state index contributed by atoms with van der Waals surface area (Å²) < 4.78 is 0. The van der Waals surface area contributed by atoms with Crippen LogP contribution in [0.2, 0.25) is 0 Å². The second-order valence-corrected chi connectivity index (χ2v) is 7.01. The number of nitrogens with one attached hydrogen (secondary N) is 2. The van der Waals surface area contributed by atoms with E-state index < -0.39 is 0 Å². The minimum absolute atomic E-state index is 0.0595. The van der Waals surface area contributed by atoms with Crippen molar-refractivity contribution in [2.75, 3.05) is 28.6 Å². The molecular weight excluding hydrogens is 286 g/mol. The van der Waals surface area contributed by atoms with E-state index in [1.807, 2.05) is 6.07 Å². The summed E-state index contributed by atoms with van der Waals surface area (Å²) in [5.41, 5.74) is 2.27. The molecular formula is C18H25N5. The first kappa shape index (κ1) is 15.6. The lowest BCUT2D eigenvalue weighted by Crippen LogP contribution is -2.27. The standard InChI is InChI=1S/C18H25N5/c1-18(2,3)22-17-19-11-10-16(21-17)20-14-6-8-15(9-7-14)23-12-4-5-13-23/h6-11H,4-5,12-13H2,1-3H3,(H2,19,20,21,22). The van der Waals surface area contributed by atoms with Gasteiger partial charge in [-0.05, 0) is 63.9 Å². The molecule has 122 valence electrons. The highest BCUT2D eigenvalue weighted by atomic mass is 15.2. The second kappa shape index (κ2) is 6.44. The van der Waals surface area contributed by atoms with Gasteiger partial charge in [0.2, 0.25) is 5.95 Å². The summed E-state index contributed by atoms with van der Waals surface area (Å²) in [6.45, 7) is 8.61. The summed E-state index contributed by atoms with van der Waals surface area (Å²) in [6.07, 6.45) is 4.36. The molecule has 2 heterocycles. The van der Waals surface area contributed by atoms with Crippen LogP contribution in [-0.2, 0) is 0 Å². The van der Waals surface area contributed by atoms with Crippen LogP contribution in [0.25, 0.3) is 0 Å². The van der Waals surface area contributed by atoms with Gasteiger partial charge in [0, 0.05) is 36.2 Å². The Bertz CT molecular complexity index is 639. The Morgan fingerprint density at radius 3 is 2.35 bits per heavy atom. The summed E-state index contributed by atoms with van der Waals surface area (Å²) in [5.74, 6) is 1.43. The Balaban J connectivity index is 1.68. The maximum atomic E-state index is 4.51. The third-order valence-electron chi connectivity index (χ3n) is 3.75. The van der Waals surface area contributed by atoms with E-state index in [1.165, 1.54) is 31.6 Å². The maximum Gasteiger partial charge on any atom is 0.225 e. The van der Waals surface area contributed by atoms with E-state index in [0.29, 0.717) is 5.95 Å². The van der Waals surface area contributed by atoms with Gasteiger partial charge in [0.1, 0.15) is 5.82 Å². The summed E-state index contributed by atoms with van der Waals surface area (Å²) in [7, 11) is 0. The van der Waals surface area contributed by atoms with Crippen LogP contribution in [0, 0.1) is 0 Å². The molecule has 0 aliphatic carbocycles. The Labute approximate surface area is 138 Å². The molecule has 0 amide bonds. The predicted octanol–water partition coefficient (Wildman–Crippen LogP) is 4.03. The van der Waals surface area contributed by atoms with E-state index in [1.54, 1.807) is 6.20 Å². The molecule has 1 aliphatic rings. The highest BCUT2D eigenvalue weighted by molar-refractivity contribution is 5.61. The lowest BCUT2D eigenvalue weighted by Gasteiger charge is -2.20. The van der Waals surface area contributed by atoms with Gasteiger partial charge in [0.25, 0.3) is 0 Å². The molecule has 2 N–H and O–H groups in total. The molecule has 0 spiro atoms. The van der Waals surface area contributed by atoms with Crippen LogP contribution in [0.1, 0.15) is 33.6 Å². The molecule has 0 bridgehead atoms. The van der Waals surface area contributed by atoms with Gasteiger partial charge in [-0.1, -0.05) is 0 Å². The van der Waals surface area contributed by atoms with Gasteiger partial charge in [-0.25, -0.2) is 4.98 Å². The van der Waals surface area contributed by atoms with Gasteiger partial charge in [0.15, 0.2) is 0 Å². The minimum Gasteiger partial charge on any atom is -0.372 e. The molecule has 2 aromatic rings. The van der Waals surface area contributed by atoms with Crippen molar-refractivity contribution in [2.24, 2.45) is 0 Å². The van der Waals surface area contributed by atoms with Crippen molar-refractivity contribution in [3.8, 4) is 0 Å². The monoisotopic (exact) mass is 311 g/mol. The van der Waals surface area contributed by atoms with Gasteiger partial charge in [0.05, 0.1) is 0 Å². The van der Waals surface area contributed by atoms with Crippen molar-refractivity contribution in [1.82, 2.24) is 9.97 Å². The van der Waals surface area contributed by atoms with Gasteiger partial charge in [-0.2, -0.15) is 4.98 Å². The van der Waals surface area contributed by atoms with Crippen molar-refractivity contribution in [3.63, 3.8) is 0 Å². The first-order valence-corrected chi connectivity index (χ1v) is 8.23. The van der Waals surface area contributed by atoms with E-state index in [-0.39, 0.29) is 5.54 Å². The van der Waals surface area contributed by atoms with Crippen molar-refractivity contribution in [3.05, 3.63) is 36.5 Å². The minimum atomic E-state index is -0.0595. The Morgan fingerprint density at radius 2 is 1.70 bits per heavy atom. The molecule has 1 saturated heterocycles. The van der Waals surface area contributed by atoms with E-state index >= 15 is 0 Å². The fourth-order valence-corrected chi connectivity index (χ4v) is 2.70. The molecule has 23 heavy (non-hydrogen) atoms. The first-order chi connectivity index (χ1) is 11.0. The molecule has 1 fully saturated rings. The topological polar surface area (TPSA) is 53.1 Å². The molecule has 0 atom stereocenters. The molecule has 3 rings (SSSR count). The largest absolute Gasteiger partial charge is 0.372 e. The number of aromatic nitrogens is 2. The van der Waals surface area contributed by atoms with E-state index in [4.69, 9.17) is 0 Å². The fourth-order valence-electron chi connectivity index (χ4n) is 2.70. The predicted molar refractivity (Wildman–Crippen MR) is 96.6 cm³/mol. The highest BCUT2D eigenvalue weighted by Gasteiger charge is 2.13. The zero-order chi connectivity index (χ0) is 16.3. The molecule has 5 heteroatoms. The zero-order valence-electron chi connectivity index (χ0n) is 14.1. The average Bonchev–Trinajstić information content (AvgIpc) is 3.01. The molecule has 5 nitrogen and oxygen atoms in total. The van der Waals surface area contributed by atoms with Gasteiger partial charge in [-0.15, -0.1) is 0 Å². The zero-order valence-corrected chi connectivity index (χ0v) is 14.1. The smallest absolute Gasteiger partial charge is 0.225 e. The Kier molecular flexibility index (Phi) is 4.37. The molecule has 1 aliphatic heterocycles. The molecule has 1 aromatic carbocycles. The molecule has 0 radical (unpaired) electrons. The highest BCUT2D eigenvalue weighted by Crippen LogP contribution is 2.23. The van der Waals surface area contributed by atoms with E-state index in [9.17, 15) is 0 Å². The third-order valence-corrected chi connectivity index (χ3v) is 3.75. The van der Waals surface area contributed by atoms with Crippen LogP contribution in [0.5, 0.6) is 0 Å². The lowest BCUT2D eigenvalue weighted by atomic mass is 10.1. The molecule has 1 aromatic heterocycles. The van der Waals surface area contributed by atoms with Crippen LogP contribution < -0.4 is 15.5 Å². The van der Waals surface area contributed by atoms with Crippen LogP contribution >= 0.6 is 0 Å². The second-order valence-electron chi connectivity index (χ2n) is 7.01. The number of rotatable bonds is 4. The van der Waals surface area contributed by atoms with Crippen LogP contribution in [0.4, 0.5) is 23.1 Å². The number of hydrogen-bond acceptors (Lipinski definition) is 5. The van der Waals surface area contributed by atoms with E-state index in [0.717, 1.165) is 11.5 Å². The molecule has 0 unspecified atom stereocenters. The van der Waals surface area contributed by atoms with Crippen LogP contribution in [0.15, 0.2) is 36.5 Å². The quantitative estimate of drug-likeness (QED) is 0.893. The Hall–Kier alpha value is -2.30. The van der Waals surface area contributed by atoms with E-state index in [2.05, 4.69) is 70.5 Å². The van der Waals surface area contributed by atoms with Crippen LogP contribution in [-0.4, -0.2) is 28.6 Å². The fraction of sp³-hybridized carbons (Fsp3) is 0.444. The van der Waals surface area contributed by atoms with Crippen molar-refractivity contribution in [1.29, 1.82) is 0 Å². The first-order valence-electron chi connectivity index (χ1n) is 8.23. The summed E-state index contributed by atoms with van der Waals surface area (Å²) in [4.78, 5) is 11.2. The van der Waals surface area contributed by atoms with Gasteiger partial charge < -0.3 is 15.5 Å². The van der Waals surface area contributed by atoms with Crippen molar-refractivity contribution in [2.45, 2.75) is 39.2 Å². The van der Waals surface area contributed by atoms with Crippen molar-refractivity contribution < 1.29 is 0 Å². The third kappa shape index (κ3) is 4.34. The maximum absolute atomic E-state index is 4.51. The summed E-state index contributed by atoms with van der Waals surface area (Å²) in [6, 6.07) is 10.4. The Morgan fingerprint density at radius 1 is 1.00 bits per heavy atom. The SMILES string of the molecule is CC(C)(C)Nc1nccc(Nc2ccc(N3CCCC3)cc2)n1. The summed E-state index contributed by atoms with van der Waals surface area (Å²) in [5, 5.41) is 6.62. The average molecular weight is 311 g/mol. The number of anilines is 4. The lowest BCUT2D eigenvalue weighted by molar-refractivity contribution is 0.626. The van der Waals surface area contributed by atoms with Gasteiger partial charge in [-0.3, -0.25) is 0 Å².